The van der Waals surface area contributed by atoms with Gasteiger partial charge in [-0.3, -0.25) is 10.8 Å². The first kappa shape index (κ1) is 19.9. The minimum atomic E-state index is -0.832. The van der Waals surface area contributed by atoms with Crippen LogP contribution in [-0.4, -0.2) is 30.6 Å². The van der Waals surface area contributed by atoms with E-state index in [0.29, 0.717) is 17.4 Å². The molecule has 3 N–H and O–H groups in total. The zero-order valence-electron chi connectivity index (χ0n) is 17.7. The van der Waals surface area contributed by atoms with Gasteiger partial charge in [-0.15, -0.1) is 5.10 Å². The van der Waals surface area contributed by atoms with Gasteiger partial charge in [-0.1, -0.05) is 36.4 Å². The minimum Gasteiger partial charge on any atom is -0.497 e. The van der Waals surface area contributed by atoms with E-state index < -0.39 is 18.1 Å². The maximum absolute atomic E-state index is 10.0. The van der Waals surface area contributed by atoms with E-state index in [1.54, 1.807) is 14.2 Å². The van der Waals surface area contributed by atoms with E-state index in [4.69, 9.17) is 19.9 Å². The molecule has 2 heterocycles. The lowest BCUT2D eigenvalue weighted by atomic mass is 9.77. The number of fused-ring (bicyclic) bond motifs is 2. The molecule has 0 spiro atoms. The number of nitrogens with one attached hydrogen (secondary N) is 1. The van der Waals surface area contributed by atoms with E-state index in [0.717, 1.165) is 33.2 Å². The Morgan fingerprint density at radius 1 is 1.03 bits per heavy atom. The number of rotatable bonds is 4. The number of hydrogen-bond donors (Lipinski definition) is 2. The summed E-state index contributed by atoms with van der Waals surface area (Å²) in [5.41, 5.74) is 9.55. The zero-order chi connectivity index (χ0) is 22.2. The van der Waals surface area contributed by atoms with Crippen LogP contribution >= 0.6 is 0 Å². The van der Waals surface area contributed by atoms with Crippen LogP contribution in [0.25, 0.3) is 22.0 Å². The average molecular weight is 426 g/mol. The van der Waals surface area contributed by atoms with Gasteiger partial charge in [0.15, 0.2) is 6.23 Å². The number of benzene rings is 3. The van der Waals surface area contributed by atoms with Crippen LogP contribution in [0.1, 0.15) is 17.0 Å². The van der Waals surface area contributed by atoms with Gasteiger partial charge in [0.2, 0.25) is 5.88 Å². The molecule has 0 saturated carbocycles. The Kier molecular flexibility index (Phi) is 4.92. The molecule has 0 bridgehead atoms. The molecule has 1 aliphatic rings. The topological polar surface area (TPSA) is 106 Å². The predicted octanol–water partition coefficient (Wildman–Crippen LogP) is 4.20. The standard InChI is InChI=1S/C25H22N4O3/c1-30-17-9-10-20(31-2)18(12-17)21-19(13-26)24(27)32-25-22(21)23(28-29-25)16-8-7-14-5-3-4-6-15(14)11-16/h3-12,19,21,24H,27H2,1-2H3,(H,28,29). The quantitative estimate of drug-likeness (QED) is 0.507. The number of methoxy groups -OCH3 is 2. The molecule has 32 heavy (non-hydrogen) atoms. The lowest BCUT2D eigenvalue weighted by Gasteiger charge is -2.33. The van der Waals surface area contributed by atoms with Gasteiger partial charge in [-0.2, -0.15) is 5.26 Å². The van der Waals surface area contributed by atoms with Crippen molar-refractivity contribution < 1.29 is 14.2 Å². The third-order valence-electron chi connectivity index (χ3n) is 6.00. The molecule has 0 fully saturated rings. The second kappa shape index (κ2) is 7.91. The van der Waals surface area contributed by atoms with E-state index >= 15 is 0 Å². The first-order valence-electron chi connectivity index (χ1n) is 10.3. The van der Waals surface area contributed by atoms with Gasteiger partial charge >= 0.3 is 0 Å². The second-order valence-corrected chi connectivity index (χ2v) is 7.70. The smallest absolute Gasteiger partial charge is 0.238 e. The number of ether oxygens (including phenoxy) is 3. The van der Waals surface area contributed by atoms with Crippen molar-refractivity contribution in [3.63, 3.8) is 0 Å². The number of nitrogens with two attached hydrogens (primary N) is 1. The van der Waals surface area contributed by atoms with Crippen LogP contribution in [0.5, 0.6) is 17.4 Å². The van der Waals surface area contributed by atoms with Gasteiger partial charge in [0.05, 0.1) is 31.5 Å². The zero-order valence-corrected chi connectivity index (χ0v) is 17.7. The molecule has 5 rings (SSSR count). The average Bonchev–Trinajstić information content (AvgIpc) is 3.25. The number of aromatic nitrogens is 2. The van der Waals surface area contributed by atoms with Crippen molar-refractivity contribution in [3.05, 3.63) is 71.8 Å². The van der Waals surface area contributed by atoms with Crippen LogP contribution in [0.2, 0.25) is 0 Å². The molecule has 3 unspecified atom stereocenters. The number of H-pyrrole nitrogens is 1. The predicted molar refractivity (Wildman–Crippen MR) is 121 cm³/mol. The molecule has 3 aromatic carbocycles. The maximum atomic E-state index is 10.0. The highest BCUT2D eigenvalue weighted by Crippen LogP contribution is 2.49. The van der Waals surface area contributed by atoms with E-state index in [2.05, 4.69) is 40.5 Å². The van der Waals surface area contributed by atoms with Crippen molar-refractivity contribution in [1.29, 1.82) is 5.26 Å². The van der Waals surface area contributed by atoms with Crippen LogP contribution in [0.3, 0.4) is 0 Å². The van der Waals surface area contributed by atoms with Crippen molar-refractivity contribution >= 4 is 10.8 Å². The summed E-state index contributed by atoms with van der Waals surface area (Å²) in [7, 11) is 3.21. The molecular weight excluding hydrogens is 404 g/mol. The number of aromatic amines is 1. The molecule has 7 nitrogen and oxygen atoms in total. The van der Waals surface area contributed by atoms with Crippen LogP contribution in [0.15, 0.2) is 60.7 Å². The van der Waals surface area contributed by atoms with Crippen molar-refractivity contribution in [3.8, 4) is 34.7 Å². The summed E-state index contributed by atoms with van der Waals surface area (Å²) in [6.45, 7) is 0. The second-order valence-electron chi connectivity index (χ2n) is 7.70. The summed E-state index contributed by atoms with van der Waals surface area (Å²) in [6, 6.07) is 22.2. The lowest BCUT2D eigenvalue weighted by molar-refractivity contribution is 0.128. The first-order chi connectivity index (χ1) is 15.6. The molecule has 0 amide bonds. The lowest BCUT2D eigenvalue weighted by Crippen LogP contribution is -2.42. The Hall–Kier alpha value is -4.02. The molecular formula is C25H22N4O3. The summed E-state index contributed by atoms with van der Waals surface area (Å²) in [5.74, 6) is 0.614. The summed E-state index contributed by atoms with van der Waals surface area (Å²) < 4.78 is 16.9. The van der Waals surface area contributed by atoms with Crippen molar-refractivity contribution in [1.82, 2.24) is 10.2 Å². The fourth-order valence-corrected chi connectivity index (χ4v) is 4.43. The Balaban J connectivity index is 1.74. The Bertz CT molecular complexity index is 1340. The summed E-state index contributed by atoms with van der Waals surface area (Å²) in [5, 5.41) is 19.8. The Labute approximate surface area is 185 Å². The van der Waals surface area contributed by atoms with Gasteiger partial charge in [-0.25, -0.2) is 0 Å². The largest absolute Gasteiger partial charge is 0.497 e. The van der Waals surface area contributed by atoms with Gasteiger partial charge in [0.25, 0.3) is 0 Å². The summed E-state index contributed by atoms with van der Waals surface area (Å²) in [4.78, 5) is 0. The Morgan fingerprint density at radius 2 is 1.84 bits per heavy atom. The summed E-state index contributed by atoms with van der Waals surface area (Å²) in [6.07, 6.45) is -0.832. The molecule has 160 valence electrons. The first-order valence-corrected chi connectivity index (χ1v) is 10.3. The third-order valence-corrected chi connectivity index (χ3v) is 6.00. The maximum Gasteiger partial charge on any atom is 0.238 e. The van der Waals surface area contributed by atoms with Crippen LogP contribution in [-0.2, 0) is 0 Å². The molecule has 3 atom stereocenters. The molecule has 1 aliphatic heterocycles. The third kappa shape index (κ3) is 3.13. The van der Waals surface area contributed by atoms with E-state index in [1.165, 1.54) is 0 Å². The van der Waals surface area contributed by atoms with Gasteiger partial charge in [0.1, 0.15) is 17.4 Å². The van der Waals surface area contributed by atoms with Crippen molar-refractivity contribution in [2.45, 2.75) is 12.1 Å². The molecule has 0 aliphatic carbocycles. The van der Waals surface area contributed by atoms with E-state index in [-0.39, 0.29) is 0 Å². The number of nitrogens with zero attached hydrogens (tertiary/aromatic N) is 2. The molecule has 0 radical (unpaired) electrons. The van der Waals surface area contributed by atoms with Crippen LogP contribution in [0, 0.1) is 17.2 Å². The SMILES string of the molecule is COc1ccc(OC)c(C2c3c(n[nH]c3-c3ccc4ccccc4c3)OC(N)C2C#N)c1. The fourth-order valence-electron chi connectivity index (χ4n) is 4.43. The molecule has 0 saturated heterocycles. The number of hydrogen-bond acceptors (Lipinski definition) is 6. The van der Waals surface area contributed by atoms with E-state index in [1.807, 2.05) is 36.4 Å². The highest BCUT2D eigenvalue weighted by molar-refractivity contribution is 5.87. The molecule has 4 aromatic rings. The van der Waals surface area contributed by atoms with E-state index in [9.17, 15) is 5.26 Å². The monoisotopic (exact) mass is 426 g/mol. The van der Waals surface area contributed by atoms with Crippen LogP contribution < -0.4 is 19.9 Å². The van der Waals surface area contributed by atoms with Crippen LogP contribution in [0.4, 0.5) is 0 Å². The minimum absolute atomic E-state index is 0.391. The highest BCUT2D eigenvalue weighted by Gasteiger charge is 2.43. The highest BCUT2D eigenvalue weighted by atomic mass is 16.5. The van der Waals surface area contributed by atoms with Crippen molar-refractivity contribution in [2.75, 3.05) is 14.2 Å². The molecule has 1 aromatic heterocycles. The Morgan fingerprint density at radius 3 is 2.59 bits per heavy atom. The number of nitriles is 1. The van der Waals surface area contributed by atoms with Crippen molar-refractivity contribution in [2.24, 2.45) is 11.7 Å². The van der Waals surface area contributed by atoms with Gasteiger partial charge in [0, 0.05) is 17.0 Å². The fraction of sp³-hybridized carbons (Fsp3) is 0.200. The van der Waals surface area contributed by atoms with Gasteiger partial charge < -0.3 is 14.2 Å². The molecule has 7 heteroatoms. The summed E-state index contributed by atoms with van der Waals surface area (Å²) >= 11 is 0. The van der Waals surface area contributed by atoms with Gasteiger partial charge in [-0.05, 0) is 35.0 Å². The normalized spacial score (nSPS) is 19.6.